The number of ether oxygens (including phenoxy) is 1. The van der Waals surface area contributed by atoms with Crippen molar-refractivity contribution in [2.75, 3.05) is 26.2 Å². The molecule has 0 spiro atoms. The van der Waals surface area contributed by atoms with Crippen LogP contribution >= 0.6 is 23.7 Å². The third kappa shape index (κ3) is 3.57. The number of fused-ring (bicyclic) bond motifs is 1. The molecule has 10 heteroatoms. The Balaban J connectivity index is 0.00000182. The number of sulfonamides is 1. The molecule has 0 saturated carbocycles. The fourth-order valence-corrected chi connectivity index (χ4v) is 5.76. The summed E-state index contributed by atoms with van der Waals surface area (Å²) in [6.07, 6.45) is 1.27. The minimum Gasteiger partial charge on any atom is -0.374 e. The highest BCUT2D eigenvalue weighted by Gasteiger charge is 2.41. The molecule has 2 aromatic rings. The van der Waals surface area contributed by atoms with Crippen molar-refractivity contribution in [2.45, 2.75) is 16.4 Å². The molecule has 0 bridgehead atoms. The Morgan fingerprint density at radius 1 is 1.28 bits per heavy atom. The monoisotopic (exact) mass is 405 g/mol. The average Bonchev–Trinajstić information content (AvgIpc) is 3.23. The number of morpholine rings is 1. The van der Waals surface area contributed by atoms with Crippen molar-refractivity contribution in [1.29, 1.82) is 0 Å². The first-order valence-electron chi connectivity index (χ1n) is 7.61. The predicted molar refractivity (Wildman–Crippen MR) is 95.0 cm³/mol. The van der Waals surface area contributed by atoms with Gasteiger partial charge < -0.3 is 10.1 Å². The Morgan fingerprint density at radius 2 is 2.04 bits per heavy atom. The lowest BCUT2D eigenvalue weighted by Crippen LogP contribution is -2.47. The topological polar surface area (TPSA) is 71.5 Å². The molecule has 136 valence electrons. The van der Waals surface area contributed by atoms with E-state index < -0.39 is 10.0 Å². The number of aromatic nitrogens is 1. The Morgan fingerprint density at radius 3 is 2.76 bits per heavy atom. The molecule has 25 heavy (non-hydrogen) atoms. The highest BCUT2D eigenvalue weighted by atomic mass is 35.5. The van der Waals surface area contributed by atoms with Crippen molar-refractivity contribution >= 4 is 33.8 Å². The van der Waals surface area contributed by atoms with Crippen LogP contribution < -0.4 is 5.32 Å². The fraction of sp³-hybridized carbons (Fsp3) is 0.400. The number of hydrogen-bond acceptors (Lipinski definition) is 6. The van der Waals surface area contributed by atoms with Crippen LogP contribution in [0.2, 0.25) is 0 Å². The van der Waals surface area contributed by atoms with Crippen LogP contribution in [0.25, 0.3) is 10.6 Å². The van der Waals surface area contributed by atoms with Gasteiger partial charge in [0, 0.05) is 31.2 Å². The minimum absolute atomic E-state index is 0. The van der Waals surface area contributed by atoms with Crippen LogP contribution in [0.5, 0.6) is 0 Å². The molecule has 1 aromatic carbocycles. The molecule has 2 aliphatic rings. The molecule has 2 saturated heterocycles. The van der Waals surface area contributed by atoms with Crippen LogP contribution in [0.3, 0.4) is 0 Å². The van der Waals surface area contributed by atoms with Gasteiger partial charge in [-0.2, -0.15) is 4.31 Å². The maximum Gasteiger partial charge on any atom is 0.254 e. The zero-order chi connectivity index (χ0) is 16.7. The molecule has 0 radical (unpaired) electrons. The standard InChI is InChI=1S/C15H16FN3O3S2.ClH/c16-11-3-1-10(2-4-11)15-18-7-14(23-15)24(20,21)19-8-12-13(9-19)22-6-5-17-12;/h1-4,7,12-13,17H,5-6,8-9H2;1H/t12-,13+;/m0./s1. The number of nitrogens with zero attached hydrogens (tertiary/aromatic N) is 2. The second-order valence-corrected chi connectivity index (χ2v) is 8.98. The lowest BCUT2D eigenvalue weighted by atomic mass is 10.2. The van der Waals surface area contributed by atoms with Crippen molar-refractivity contribution < 1.29 is 17.5 Å². The Kier molecular flexibility index (Phi) is 5.42. The molecule has 3 heterocycles. The van der Waals surface area contributed by atoms with Crippen LogP contribution in [0.15, 0.2) is 34.7 Å². The normalized spacial score (nSPS) is 23.9. The average molecular weight is 406 g/mol. The molecule has 6 nitrogen and oxygen atoms in total. The van der Waals surface area contributed by atoms with Crippen LogP contribution in [0.4, 0.5) is 4.39 Å². The molecule has 2 aliphatic heterocycles. The zero-order valence-corrected chi connectivity index (χ0v) is 15.5. The Hall–Kier alpha value is -1.10. The Labute approximate surface area is 155 Å². The summed E-state index contributed by atoms with van der Waals surface area (Å²) in [5, 5.41) is 3.85. The summed E-state index contributed by atoms with van der Waals surface area (Å²) in [6.45, 7) is 2.09. The van der Waals surface area contributed by atoms with E-state index in [2.05, 4.69) is 10.3 Å². The van der Waals surface area contributed by atoms with Crippen molar-refractivity contribution in [3.05, 3.63) is 36.3 Å². The lowest BCUT2D eigenvalue weighted by Gasteiger charge is -2.25. The van der Waals surface area contributed by atoms with Crippen LogP contribution in [-0.4, -0.2) is 56.1 Å². The molecule has 4 rings (SSSR count). The molecule has 2 fully saturated rings. The summed E-state index contributed by atoms with van der Waals surface area (Å²) in [7, 11) is -3.60. The van der Waals surface area contributed by atoms with Gasteiger partial charge >= 0.3 is 0 Å². The van der Waals surface area contributed by atoms with Gasteiger partial charge in [-0.05, 0) is 24.3 Å². The molecular weight excluding hydrogens is 389 g/mol. The Bertz CT molecular complexity index is 830. The molecule has 0 amide bonds. The zero-order valence-electron chi connectivity index (χ0n) is 13.1. The molecule has 1 N–H and O–H groups in total. The van der Waals surface area contributed by atoms with Crippen molar-refractivity contribution in [2.24, 2.45) is 0 Å². The minimum atomic E-state index is -3.60. The number of nitrogens with one attached hydrogen (secondary N) is 1. The van der Waals surface area contributed by atoms with Gasteiger partial charge in [-0.25, -0.2) is 17.8 Å². The first-order chi connectivity index (χ1) is 11.5. The van der Waals surface area contributed by atoms with Crippen molar-refractivity contribution in [3.63, 3.8) is 0 Å². The van der Waals surface area contributed by atoms with E-state index in [9.17, 15) is 12.8 Å². The van der Waals surface area contributed by atoms with E-state index in [0.717, 1.165) is 17.9 Å². The molecule has 0 unspecified atom stereocenters. The molecule has 2 atom stereocenters. The van der Waals surface area contributed by atoms with Gasteiger partial charge in [0.15, 0.2) is 4.21 Å². The number of benzene rings is 1. The van der Waals surface area contributed by atoms with Gasteiger partial charge in [-0.1, -0.05) is 0 Å². The van der Waals surface area contributed by atoms with E-state index in [4.69, 9.17) is 4.74 Å². The molecular formula is C15H17ClFN3O3S2. The first-order valence-corrected chi connectivity index (χ1v) is 9.86. The van der Waals surface area contributed by atoms with Gasteiger partial charge in [0.1, 0.15) is 10.8 Å². The quantitative estimate of drug-likeness (QED) is 0.842. The summed E-state index contributed by atoms with van der Waals surface area (Å²) in [5.41, 5.74) is 0.697. The van der Waals surface area contributed by atoms with Crippen molar-refractivity contribution in [1.82, 2.24) is 14.6 Å². The lowest BCUT2D eigenvalue weighted by molar-refractivity contribution is 0.0194. The van der Waals surface area contributed by atoms with E-state index in [0.29, 0.717) is 30.3 Å². The highest BCUT2D eigenvalue weighted by molar-refractivity contribution is 7.91. The summed E-state index contributed by atoms with van der Waals surface area (Å²) >= 11 is 1.09. The van der Waals surface area contributed by atoms with Gasteiger partial charge in [0.05, 0.1) is 18.9 Å². The predicted octanol–water partition coefficient (Wildman–Crippen LogP) is 1.73. The maximum atomic E-state index is 13.0. The number of hydrogen-bond donors (Lipinski definition) is 1. The summed E-state index contributed by atoms with van der Waals surface area (Å²) in [5.74, 6) is -0.338. The van der Waals surface area contributed by atoms with Crippen LogP contribution in [0.1, 0.15) is 0 Å². The number of halogens is 2. The number of rotatable bonds is 3. The van der Waals surface area contributed by atoms with E-state index in [-0.39, 0.29) is 34.6 Å². The molecule has 1 aromatic heterocycles. The van der Waals surface area contributed by atoms with E-state index >= 15 is 0 Å². The SMILES string of the molecule is Cl.O=S(=O)(c1cnc(-c2ccc(F)cc2)s1)N1C[C@@H]2NCCO[C@@H]2C1. The molecule has 0 aliphatic carbocycles. The first kappa shape index (κ1) is 18.7. The summed E-state index contributed by atoms with van der Waals surface area (Å²) in [6, 6.07) is 5.88. The highest BCUT2D eigenvalue weighted by Crippen LogP contribution is 2.31. The second-order valence-electron chi connectivity index (χ2n) is 5.78. The number of thiazole rings is 1. The van der Waals surface area contributed by atoms with E-state index in [1.165, 1.54) is 22.6 Å². The van der Waals surface area contributed by atoms with Gasteiger partial charge in [-0.15, -0.1) is 23.7 Å². The fourth-order valence-electron chi connectivity index (χ4n) is 2.99. The third-order valence-electron chi connectivity index (χ3n) is 4.24. The summed E-state index contributed by atoms with van der Waals surface area (Å²) < 4.78 is 45.9. The van der Waals surface area contributed by atoms with Gasteiger partial charge in [0.2, 0.25) is 0 Å². The summed E-state index contributed by atoms with van der Waals surface area (Å²) in [4.78, 5) is 4.19. The van der Waals surface area contributed by atoms with E-state index in [1.807, 2.05) is 0 Å². The van der Waals surface area contributed by atoms with Gasteiger partial charge in [-0.3, -0.25) is 0 Å². The van der Waals surface area contributed by atoms with E-state index in [1.54, 1.807) is 12.1 Å². The smallest absolute Gasteiger partial charge is 0.254 e. The second kappa shape index (κ2) is 7.26. The third-order valence-corrected chi connectivity index (χ3v) is 7.56. The van der Waals surface area contributed by atoms with Crippen LogP contribution in [0, 0.1) is 5.82 Å². The maximum absolute atomic E-state index is 13.0. The van der Waals surface area contributed by atoms with Gasteiger partial charge in [0.25, 0.3) is 10.0 Å². The van der Waals surface area contributed by atoms with Crippen molar-refractivity contribution in [3.8, 4) is 10.6 Å². The van der Waals surface area contributed by atoms with Crippen LogP contribution in [-0.2, 0) is 14.8 Å². The largest absolute Gasteiger partial charge is 0.374 e.